The largest absolute Gasteiger partial charge is 0.477 e. The number of carbonyl (C=O) groups excluding carboxylic acids is 1. The van der Waals surface area contributed by atoms with E-state index in [1.54, 1.807) is 4.90 Å². The lowest BCUT2D eigenvalue weighted by Crippen LogP contribution is -2.15. The molecule has 29 heavy (non-hydrogen) atoms. The first-order valence-corrected chi connectivity index (χ1v) is 11.3. The Balaban J connectivity index is 0. The number of allylic oxidation sites excluding steroid dienone is 2. The molecule has 1 saturated carbocycles. The zero-order valence-electron chi connectivity index (χ0n) is 20.0. The molecular formula is C26H45NO2. The SMILES string of the molecule is C=C(C)CCC1CC1.CC.CC.CCC=C1OCCN1C=O.Cc1ccccc1. The van der Waals surface area contributed by atoms with E-state index in [1.807, 2.05) is 58.9 Å². The molecule has 1 saturated heterocycles. The molecular weight excluding hydrogens is 358 g/mol. The van der Waals surface area contributed by atoms with E-state index < -0.39 is 0 Å². The molecule has 0 unspecified atom stereocenters. The fourth-order valence-corrected chi connectivity index (χ4v) is 2.29. The molecule has 2 aliphatic rings. The minimum Gasteiger partial charge on any atom is -0.477 e. The van der Waals surface area contributed by atoms with Crippen molar-refractivity contribution in [2.24, 2.45) is 5.92 Å². The van der Waals surface area contributed by atoms with Gasteiger partial charge < -0.3 is 4.74 Å². The van der Waals surface area contributed by atoms with Gasteiger partial charge in [-0.3, -0.25) is 9.69 Å². The van der Waals surface area contributed by atoms with E-state index in [-0.39, 0.29) is 0 Å². The van der Waals surface area contributed by atoms with Gasteiger partial charge in [-0.2, -0.15) is 0 Å². The summed E-state index contributed by atoms with van der Waals surface area (Å²) in [4.78, 5) is 11.9. The maximum atomic E-state index is 10.3. The maximum absolute atomic E-state index is 10.3. The summed E-state index contributed by atoms with van der Waals surface area (Å²) >= 11 is 0. The molecule has 166 valence electrons. The van der Waals surface area contributed by atoms with E-state index in [0.717, 1.165) is 18.7 Å². The quantitative estimate of drug-likeness (QED) is 0.375. The van der Waals surface area contributed by atoms with Crippen molar-refractivity contribution >= 4 is 6.41 Å². The van der Waals surface area contributed by atoms with Gasteiger partial charge in [0.15, 0.2) is 5.88 Å². The number of amides is 1. The van der Waals surface area contributed by atoms with E-state index in [2.05, 4.69) is 32.6 Å². The molecule has 2 fully saturated rings. The van der Waals surface area contributed by atoms with Crippen LogP contribution >= 0.6 is 0 Å². The number of nitrogens with zero attached hydrogens (tertiary/aromatic N) is 1. The molecule has 0 bridgehead atoms. The van der Waals surface area contributed by atoms with Crippen molar-refractivity contribution in [1.82, 2.24) is 4.90 Å². The highest BCUT2D eigenvalue weighted by Gasteiger charge is 2.19. The van der Waals surface area contributed by atoms with Crippen molar-refractivity contribution in [3.8, 4) is 0 Å². The molecule has 0 spiro atoms. The highest BCUT2D eigenvalue weighted by Crippen LogP contribution is 2.34. The Bertz CT molecular complexity index is 533. The third-order valence-corrected chi connectivity index (χ3v) is 3.99. The van der Waals surface area contributed by atoms with E-state index in [9.17, 15) is 4.79 Å². The molecule has 1 amide bonds. The fraction of sp³-hybridized carbons (Fsp3) is 0.577. The fourth-order valence-electron chi connectivity index (χ4n) is 2.29. The van der Waals surface area contributed by atoms with E-state index in [1.165, 1.54) is 36.8 Å². The van der Waals surface area contributed by atoms with Gasteiger partial charge in [-0.05, 0) is 45.1 Å². The first-order valence-electron chi connectivity index (χ1n) is 11.3. The standard InChI is InChI=1S/C8H14.C7H11NO2.C7H8.2C2H6/c1-7(2)3-4-8-5-6-8;1-2-3-7-8(6-9)4-5-10-7;1-7-5-3-2-4-6-7;2*1-2/h8H,1,3-6H2,2H3;3,6H,2,4-5H2,1H3;2-6H,1H3;2*1-2H3. The second kappa shape index (κ2) is 20.7. The summed E-state index contributed by atoms with van der Waals surface area (Å²) < 4.78 is 5.15. The summed E-state index contributed by atoms with van der Waals surface area (Å²) in [5, 5.41) is 0. The van der Waals surface area contributed by atoms with Crippen molar-refractivity contribution in [1.29, 1.82) is 0 Å². The van der Waals surface area contributed by atoms with Gasteiger partial charge in [-0.15, -0.1) is 6.58 Å². The minimum atomic E-state index is 0.630. The second-order valence-corrected chi connectivity index (χ2v) is 6.69. The molecule has 1 aromatic carbocycles. The molecule has 3 nitrogen and oxygen atoms in total. The molecule has 1 heterocycles. The summed E-state index contributed by atoms with van der Waals surface area (Å²) in [7, 11) is 0. The van der Waals surface area contributed by atoms with Crippen LogP contribution in [0, 0.1) is 12.8 Å². The molecule has 1 aliphatic heterocycles. The average Bonchev–Trinajstić information content (AvgIpc) is 3.48. The lowest BCUT2D eigenvalue weighted by atomic mass is 10.1. The van der Waals surface area contributed by atoms with Gasteiger partial charge in [-0.25, -0.2) is 0 Å². The van der Waals surface area contributed by atoms with Gasteiger partial charge in [0.2, 0.25) is 6.41 Å². The zero-order valence-corrected chi connectivity index (χ0v) is 20.0. The van der Waals surface area contributed by atoms with Crippen LogP contribution in [-0.2, 0) is 9.53 Å². The highest BCUT2D eigenvalue weighted by atomic mass is 16.5. The molecule has 0 N–H and O–H groups in total. The Morgan fingerprint density at radius 3 is 2.14 bits per heavy atom. The molecule has 0 aromatic heterocycles. The summed E-state index contributed by atoms with van der Waals surface area (Å²) in [6.45, 7) is 19.4. The van der Waals surface area contributed by atoms with Crippen LogP contribution in [-0.4, -0.2) is 24.5 Å². The second-order valence-electron chi connectivity index (χ2n) is 6.69. The Kier molecular flexibility index (Phi) is 20.8. The van der Waals surface area contributed by atoms with Crippen LogP contribution in [0.4, 0.5) is 0 Å². The summed E-state index contributed by atoms with van der Waals surface area (Å²) in [6, 6.07) is 10.3. The average molecular weight is 404 g/mol. The Hall–Kier alpha value is -2.03. The summed E-state index contributed by atoms with van der Waals surface area (Å²) in [5.74, 6) is 1.78. The first-order chi connectivity index (χ1) is 14.1. The molecule has 3 heteroatoms. The van der Waals surface area contributed by atoms with Gasteiger partial charge in [0, 0.05) is 0 Å². The van der Waals surface area contributed by atoms with Crippen molar-refractivity contribution < 1.29 is 9.53 Å². The number of carbonyl (C=O) groups is 1. The third kappa shape index (κ3) is 17.8. The van der Waals surface area contributed by atoms with E-state index in [0.29, 0.717) is 19.0 Å². The maximum Gasteiger partial charge on any atom is 0.216 e. The number of benzene rings is 1. The molecule has 0 atom stereocenters. The van der Waals surface area contributed by atoms with Gasteiger partial charge in [0.05, 0.1) is 6.54 Å². The van der Waals surface area contributed by atoms with Crippen LogP contribution < -0.4 is 0 Å². The molecule has 1 aromatic rings. The van der Waals surface area contributed by atoms with Gasteiger partial charge >= 0.3 is 0 Å². The normalized spacial score (nSPS) is 15.0. The smallest absolute Gasteiger partial charge is 0.216 e. The van der Waals surface area contributed by atoms with Crippen molar-refractivity contribution in [3.05, 3.63) is 60.0 Å². The predicted octanol–water partition coefficient (Wildman–Crippen LogP) is 7.53. The van der Waals surface area contributed by atoms with Gasteiger partial charge in [0.1, 0.15) is 6.61 Å². The molecule has 0 radical (unpaired) electrons. The Morgan fingerprint density at radius 1 is 1.17 bits per heavy atom. The topological polar surface area (TPSA) is 29.5 Å². The predicted molar refractivity (Wildman–Crippen MR) is 128 cm³/mol. The molecule has 3 rings (SSSR count). The zero-order chi connectivity index (χ0) is 22.5. The van der Waals surface area contributed by atoms with Crippen molar-refractivity contribution in [2.75, 3.05) is 13.2 Å². The number of aryl methyl sites for hydroxylation is 1. The van der Waals surface area contributed by atoms with Crippen LogP contribution in [0.1, 0.15) is 79.2 Å². The van der Waals surface area contributed by atoms with Crippen molar-refractivity contribution in [2.45, 2.75) is 80.6 Å². The lowest BCUT2D eigenvalue weighted by molar-refractivity contribution is -0.116. The van der Waals surface area contributed by atoms with E-state index in [4.69, 9.17) is 4.74 Å². The number of rotatable bonds is 5. The van der Waals surface area contributed by atoms with Crippen LogP contribution in [0.2, 0.25) is 0 Å². The highest BCUT2D eigenvalue weighted by molar-refractivity contribution is 5.50. The van der Waals surface area contributed by atoms with Crippen LogP contribution in [0.5, 0.6) is 0 Å². The van der Waals surface area contributed by atoms with Crippen LogP contribution in [0.3, 0.4) is 0 Å². The van der Waals surface area contributed by atoms with Crippen LogP contribution in [0.25, 0.3) is 0 Å². The summed E-state index contributed by atoms with van der Waals surface area (Å²) in [5.41, 5.74) is 2.67. The van der Waals surface area contributed by atoms with Gasteiger partial charge in [-0.1, -0.05) is 88.9 Å². The number of hydrogen-bond acceptors (Lipinski definition) is 2. The summed E-state index contributed by atoms with van der Waals surface area (Å²) in [6.07, 6.45) is 9.22. The van der Waals surface area contributed by atoms with E-state index >= 15 is 0 Å². The third-order valence-electron chi connectivity index (χ3n) is 3.99. The minimum absolute atomic E-state index is 0.630. The Morgan fingerprint density at radius 2 is 1.76 bits per heavy atom. The van der Waals surface area contributed by atoms with Crippen molar-refractivity contribution in [3.63, 3.8) is 0 Å². The number of ether oxygens (including phenoxy) is 1. The van der Waals surface area contributed by atoms with Gasteiger partial charge in [0.25, 0.3) is 0 Å². The van der Waals surface area contributed by atoms with Crippen LogP contribution in [0.15, 0.2) is 54.4 Å². The molecule has 1 aliphatic carbocycles. The Labute approximate surface area is 180 Å². The lowest BCUT2D eigenvalue weighted by Gasteiger charge is -2.06. The first kappa shape index (κ1) is 29.2. The monoisotopic (exact) mass is 403 g/mol. The number of hydrogen-bond donors (Lipinski definition) is 0.